The molecule has 0 aliphatic heterocycles. The Morgan fingerprint density at radius 2 is 2.21 bits per heavy atom. The molecule has 72 valence electrons. The first-order chi connectivity index (χ1) is 6.68. The maximum atomic E-state index is 13.0. The minimum absolute atomic E-state index is 0.293. The van der Waals surface area contributed by atoms with Gasteiger partial charge < -0.3 is 0 Å². The molecule has 0 bridgehead atoms. The number of aryl methyl sites for hydroxylation is 1. The highest BCUT2D eigenvalue weighted by Gasteiger charge is 2.07. The first-order valence-electron chi connectivity index (χ1n) is 4.00. The maximum absolute atomic E-state index is 13.0. The lowest BCUT2D eigenvalue weighted by atomic mass is 10.3. The SMILES string of the molecule is Cc1ncnn1-c1cc(F)ccc1Br. The Kier molecular flexibility index (Phi) is 2.33. The van der Waals surface area contributed by atoms with Crippen molar-refractivity contribution < 1.29 is 4.39 Å². The molecule has 0 N–H and O–H groups in total. The molecule has 0 aliphatic carbocycles. The van der Waals surface area contributed by atoms with Crippen molar-refractivity contribution >= 4 is 15.9 Å². The smallest absolute Gasteiger partial charge is 0.138 e. The standard InChI is InChI=1S/C9H7BrFN3/c1-6-12-5-13-14(6)9-4-7(11)2-3-8(9)10/h2-5H,1H3. The Hall–Kier alpha value is -1.23. The summed E-state index contributed by atoms with van der Waals surface area (Å²) in [4.78, 5) is 3.97. The molecule has 1 aromatic carbocycles. The Morgan fingerprint density at radius 3 is 2.86 bits per heavy atom. The summed E-state index contributed by atoms with van der Waals surface area (Å²) in [5.74, 6) is 0.425. The molecule has 5 heteroatoms. The molecule has 0 aliphatic rings. The number of nitrogens with zero attached hydrogens (tertiary/aromatic N) is 3. The van der Waals surface area contributed by atoms with E-state index in [9.17, 15) is 4.39 Å². The van der Waals surface area contributed by atoms with E-state index in [2.05, 4.69) is 26.0 Å². The molecule has 2 aromatic rings. The zero-order valence-corrected chi connectivity index (χ0v) is 8.99. The lowest BCUT2D eigenvalue weighted by Gasteiger charge is -2.05. The predicted octanol–water partition coefficient (Wildman–Crippen LogP) is 2.48. The summed E-state index contributed by atoms with van der Waals surface area (Å²) in [6.07, 6.45) is 1.44. The zero-order chi connectivity index (χ0) is 10.1. The van der Waals surface area contributed by atoms with E-state index in [-0.39, 0.29) is 5.82 Å². The summed E-state index contributed by atoms with van der Waals surface area (Å²) in [5.41, 5.74) is 0.653. The molecule has 0 saturated carbocycles. The highest BCUT2D eigenvalue weighted by molar-refractivity contribution is 9.10. The van der Waals surface area contributed by atoms with Crippen LogP contribution in [0.25, 0.3) is 5.69 Å². The summed E-state index contributed by atoms with van der Waals surface area (Å²) < 4.78 is 15.3. The zero-order valence-electron chi connectivity index (χ0n) is 7.41. The average Bonchev–Trinajstić information content (AvgIpc) is 2.56. The minimum Gasteiger partial charge on any atom is -0.220 e. The minimum atomic E-state index is -0.293. The second-order valence-corrected chi connectivity index (χ2v) is 3.67. The van der Waals surface area contributed by atoms with Gasteiger partial charge in [-0.1, -0.05) is 0 Å². The first kappa shape index (κ1) is 9.33. The second kappa shape index (κ2) is 3.49. The number of hydrogen-bond donors (Lipinski definition) is 0. The first-order valence-corrected chi connectivity index (χ1v) is 4.80. The van der Waals surface area contributed by atoms with Crippen molar-refractivity contribution in [3.8, 4) is 5.69 Å². The van der Waals surface area contributed by atoms with E-state index in [1.165, 1.54) is 18.5 Å². The van der Waals surface area contributed by atoms with Gasteiger partial charge in [0.05, 0.1) is 5.69 Å². The molecule has 0 fully saturated rings. The molecular formula is C9H7BrFN3. The van der Waals surface area contributed by atoms with Gasteiger partial charge in [-0.05, 0) is 35.0 Å². The van der Waals surface area contributed by atoms with Gasteiger partial charge in [-0.2, -0.15) is 5.10 Å². The molecule has 14 heavy (non-hydrogen) atoms. The van der Waals surface area contributed by atoms with Crippen LogP contribution in [0, 0.1) is 12.7 Å². The van der Waals surface area contributed by atoms with Crippen molar-refractivity contribution in [2.24, 2.45) is 0 Å². The molecule has 0 amide bonds. The van der Waals surface area contributed by atoms with E-state index in [0.29, 0.717) is 5.69 Å². The summed E-state index contributed by atoms with van der Waals surface area (Å²) in [6, 6.07) is 4.44. The molecule has 3 nitrogen and oxygen atoms in total. The number of aromatic nitrogens is 3. The maximum Gasteiger partial charge on any atom is 0.138 e. The van der Waals surface area contributed by atoms with Crippen LogP contribution < -0.4 is 0 Å². The monoisotopic (exact) mass is 255 g/mol. The number of rotatable bonds is 1. The Balaban J connectivity index is 2.62. The third-order valence-corrected chi connectivity index (χ3v) is 2.53. The van der Waals surface area contributed by atoms with Crippen molar-refractivity contribution in [2.75, 3.05) is 0 Å². The van der Waals surface area contributed by atoms with E-state index in [1.54, 1.807) is 10.7 Å². The van der Waals surface area contributed by atoms with E-state index in [4.69, 9.17) is 0 Å². The Morgan fingerprint density at radius 1 is 1.43 bits per heavy atom. The van der Waals surface area contributed by atoms with Crippen molar-refractivity contribution in [2.45, 2.75) is 6.92 Å². The summed E-state index contributed by atoms with van der Waals surface area (Å²) in [6.45, 7) is 1.81. The highest BCUT2D eigenvalue weighted by atomic mass is 79.9. The third-order valence-electron chi connectivity index (χ3n) is 1.85. The largest absolute Gasteiger partial charge is 0.220 e. The molecule has 0 saturated heterocycles. The predicted molar refractivity (Wildman–Crippen MR) is 53.8 cm³/mol. The van der Waals surface area contributed by atoms with Gasteiger partial charge in [-0.3, -0.25) is 0 Å². The van der Waals surface area contributed by atoms with Crippen LogP contribution in [-0.4, -0.2) is 14.8 Å². The van der Waals surface area contributed by atoms with Crippen molar-refractivity contribution in [1.82, 2.24) is 14.8 Å². The summed E-state index contributed by atoms with van der Waals surface area (Å²) in [7, 11) is 0. The normalized spacial score (nSPS) is 10.5. The van der Waals surface area contributed by atoms with Crippen LogP contribution in [0.2, 0.25) is 0 Å². The summed E-state index contributed by atoms with van der Waals surface area (Å²) >= 11 is 3.33. The number of halogens is 2. The van der Waals surface area contributed by atoms with Gasteiger partial charge in [0.15, 0.2) is 0 Å². The van der Waals surface area contributed by atoms with Crippen LogP contribution in [0.5, 0.6) is 0 Å². The molecule has 0 unspecified atom stereocenters. The lowest BCUT2D eigenvalue weighted by molar-refractivity contribution is 0.624. The van der Waals surface area contributed by atoms with E-state index in [0.717, 1.165) is 10.3 Å². The van der Waals surface area contributed by atoms with Crippen molar-refractivity contribution in [3.63, 3.8) is 0 Å². The fourth-order valence-corrected chi connectivity index (χ4v) is 1.60. The van der Waals surface area contributed by atoms with Crippen molar-refractivity contribution in [1.29, 1.82) is 0 Å². The molecule has 1 aromatic heterocycles. The number of hydrogen-bond acceptors (Lipinski definition) is 2. The van der Waals surface area contributed by atoms with E-state index in [1.807, 2.05) is 6.92 Å². The van der Waals surface area contributed by atoms with Crippen LogP contribution >= 0.6 is 15.9 Å². The fraction of sp³-hybridized carbons (Fsp3) is 0.111. The third kappa shape index (κ3) is 1.55. The molecule has 0 radical (unpaired) electrons. The van der Waals surface area contributed by atoms with Crippen LogP contribution in [0.4, 0.5) is 4.39 Å². The lowest BCUT2D eigenvalue weighted by Crippen LogP contribution is -2.00. The van der Waals surface area contributed by atoms with Gasteiger partial charge >= 0.3 is 0 Å². The molecule has 2 rings (SSSR count). The average molecular weight is 256 g/mol. The molecule has 1 heterocycles. The van der Waals surface area contributed by atoms with Crippen LogP contribution in [-0.2, 0) is 0 Å². The van der Waals surface area contributed by atoms with Crippen LogP contribution in [0.3, 0.4) is 0 Å². The molecule has 0 atom stereocenters. The highest BCUT2D eigenvalue weighted by Crippen LogP contribution is 2.21. The van der Waals surface area contributed by atoms with Crippen LogP contribution in [0.1, 0.15) is 5.82 Å². The van der Waals surface area contributed by atoms with Gasteiger partial charge in [0.25, 0.3) is 0 Å². The van der Waals surface area contributed by atoms with Crippen molar-refractivity contribution in [3.05, 3.63) is 40.6 Å². The number of benzene rings is 1. The van der Waals surface area contributed by atoms with Gasteiger partial charge in [0.1, 0.15) is 18.0 Å². The van der Waals surface area contributed by atoms with Crippen LogP contribution in [0.15, 0.2) is 29.0 Å². The van der Waals surface area contributed by atoms with E-state index >= 15 is 0 Å². The topological polar surface area (TPSA) is 30.7 Å². The van der Waals surface area contributed by atoms with Gasteiger partial charge in [-0.25, -0.2) is 14.1 Å². The van der Waals surface area contributed by atoms with Gasteiger partial charge in [-0.15, -0.1) is 0 Å². The molecule has 0 spiro atoms. The second-order valence-electron chi connectivity index (χ2n) is 2.81. The van der Waals surface area contributed by atoms with E-state index < -0.39 is 0 Å². The Bertz CT molecular complexity index is 467. The summed E-state index contributed by atoms with van der Waals surface area (Å²) in [5, 5.41) is 4.00. The van der Waals surface area contributed by atoms with Gasteiger partial charge in [0, 0.05) is 10.5 Å². The molecular weight excluding hydrogens is 249 g/mol. The Labute approximate surface area is 88.7 Å². The fourth-order valence-electron chi connectivity index (χ4n) is 1.18. The quantitative estimate of drug-likeness (QED) is 0.784. The van der Waals surface area contributed by atoms with Gasteiger partial charge in [0.2, 0.25) is 0 Å².